The number of imidazole rings is 2. The van der Waals surface area contributed by atoms with E-state index in [1.807, 2.05) is 18.6 Å². The molecule has 0 saturated carbocycles. The molecule has 2 aliphatic rings. The van der Waals surface area contributed by atoms with E-state index < -0.39 is 0 Å². The zero-order chi connectivity index (χ0) is 18.0. The van der Waals surface area contributed by atoms with Crippen LogP contribution in [0.25, 0.3) is 0 Å². The van der Waals surface area contributed by atoms with Crippen molar-refractivity contribution in [2.75, 3.05) is 26.2 Å². The number of nitrogens with one attached hydrogen (secondary N) is 1. The van der Waals surface area contributed by atoms with Crippen LogP contribution < -0.4 is 0 Å². The van der Waals surface area contributed by atoms with Crippen LogP contribution in [0, 0.1) is 5.41 Å². The Kier molecular flexibility index (Phi) is 4.80. The summed E-state index contributed by atoms with van der Waals surface area (Å²) in [5, 5.41) is 0. The molecule has 2 aliphatic heterocycles. The fourth-order valence-corrected chi connectivity index (χ4v) is 4.51. The molecule has 2 aromatic rings. The molecule has 2 fully saturated rings. The SMILES string of the molecule is Cn1ccnc1CN1CCC[C@@]2(CCC(=O)N(CCc3cnc[nH]3)C2)C1. The van der Waals surface area contributed by atoms with Gasteiger partial charge in [0.25, 0.3) is 0 Å². The Labute approximate surface area is 154 Å². The maximum atomic E-state index is 12.4. The van der Waals surface area contributed by atoms with Crippen molar-refractivity contribution in [1.82, 2.24) is 29.3 Å². The van der Waals surface area contributed by atoms with E-state index in [-0.39, 0.29) is 5.41 Å². The van der Waals surface area contributed by atoms with Crippen molar-refractivity contribution >= 4 is 5.91 Å². The van der Waals surface area contributed by atoms with Gasteiger partial charge in [-0.15, -0.1) is 0 Å². The van der Waals surface area contributed by atoms with Crippen LogP contribution in [0.2, 0.25) is 0 Å². The van der Waals surface area contributed by atoms with Crippen LogP contribution in [0.5, 0.6) is 0 Å². The van der Waals surface area contributed by atoms with E-state index in [9.17, 15) is 4.79 Å². The molecule has 0 unspecified atom stereocenters. The van der Waals surface area contributed by atoms with E-state index in [0.29, 0.717) is 12.3 Å². The first-order chi connectivity index (χ1) is 12.6. The number of aromatic amines is 1. The van der Waals surface area contributed by atoms with Crippen molar-refractivity contribution in [2.45, 2.75) is 38.6 Å². The van der Waals surface area contributed by atoms with Crippen molar-refractivity contribution in [3.8, 4) is 0 Å². The second-order valence-electron chi connectivity index (χ2n) is 7.91. The van der Waals surface area contributed by atoms with Gasteiger partial charge in [0.15, 0.2) is 0 Å². The lowest BCUT2D eigenvalue weighted by molar-refractivity contribution is -0.139. The van der Waals surface area contributed by atoms with Gasteiger partial charge in [0, 0.05) is 69.2 Å². The molecule has 0 aromatic carbocycles. The number of nitrogens with zero attached hydrogens (tertiary/aromatic N) is 5. The van der Waals surface area contributed by atoms with Gasteiger partial charge in [-0.2, -0.15) is 0 Å². The third-order valence-electron chi connectivity index (χ3n) is 5.98. The van der Waals surface area contributed by atoms with Crippen molar-refractivity contribution in [3.63, 3.8) is 0 Å². The summed E-state index contributed by atoms with van der Waals surface area (Å²) in [6.07, 6.45) is 12.4. The molecule has 4 rings (SSSR count). The lowest BCUT2D eigenvalue weighted by Gasteiger charge is -2.48. The number of amides is 1. The number of hydrogen-bond acceptors (Lipinski definition) is 4. The average Bonchev–Trinajstić information content (AvgIpc) is 3.29. The lowest BCUT2D eigenvalue weighted by Crippen LogP contribution is -2.54. The van der Waals surface area contributed by atoms with Crippen molar-refractivity contribution in [3.05, 3.63) is 36.4 Å². The largest absolute Gasteiger partial charge is 0.348 e. The molecule has 26 heavy (non-hydrogen) atoms. The third kappa shape index (κ3) is 3.67. The number of rotatable bonds is 5. The minimum atomic E-state index is 0.241. The van der Waals surface area contributed by atoms with E-state index in [1.165, 1.54) is 12.8 Å². The monoisotopic (exact) mass is 356 g/mol. The fourth-order valence-electron chi connectivity index (χ4n) is 4.51. The standard InChI is InChI=1S/C19H28N6O/c1-23-10-7-21-17(23)12-24-8-2-5-19(13-24)6-3-18(26)25(14-19)9-4-16-11-20-15-22-16/h7,10-11,15H,2-6,8-9,12-14H2,1H3,(H,20,22)/t19-/m1/s1. The topological polar surface area (TPSA) is 70.1 Å². The molecule has 140 valence electrons. The third-order valence-corrected chi connectivity index (χ3v) is 5.98. The van der Waals surface area contributed by atoms with E-state index >= 15 is 0 Å². The van der Waals surface area contributed by atoms with Crippen LogP contribution in [0.15, 0.2) is 24.9 Å². The highest BCUT2D eigenvalue weighted by molar-refractivity contribution is 5.77. The van der Waals surface area contributed by atoms with Gasteiger partial charge >= 0.3 is 0 Å². The number of aryl methyl sites for hydroxylation is 1. The summed E-state index contributed by atoms with van der Waals surface area (Å²) in [7, 11) is 2.05. The van der Waals surface area contributed by atoms with Crippen LogP contribution in [-0.2, 0) is 24.8 Å². The molecule has 1 N–H and O–H groups in total. The molecule has 4 heterocycles. The van der Waals surface area contributed by atoms with E-state index in [4.69, 9.17) is 0 Å². The van der Waals surface area contributed by atoms with Gasteiger partial charge in [-0.3, -0.25) is 9.69 Å². The zero-order valence-corrected chi connectivity index (χ0v) is 15.5. The molecule has 2 saturated heterocycles. The first kappa shape index (κ1) is 17.3. The van der Waals surface area contributed by atoms with Gasteiger partial charge in [-0.25, -0.2) is 9.97 Å². The van der Waals surface area contributed by atoms with Gasteiger partial charge in [0.2, 0.25) is 5.91 Å². The molecule has 7 nitrogen and oxygen atoms in total. The molecule has 0 aliphatic carbocycles. The smallest absolute Gasteiger partial charge is 0.222 e. The molecular formula is C19H28N6O. The quantitative estimate of drug-likeness (QED) is 0.883. The maximum Gasteiger partial charge on any atom is 0.222 e. The minimum absolute atomic E-state index is 0.241. The van der Waals surface area contributed by atoms with Crippen LogP contribution >= 0.6 is 0 Å². The fraction of sp³-hybridized carbons (Fsp3) is 0.632. The van der Waals surface area contributed by atoms with Gasteiger partial charge in [0.1, 0.15) is 5.82 Å². The second kappa shape index (κ2) is 7.23. The number of likely N-dealkylation sites (tertiary alicyclic amines) is 2. The second-order valence-corrected chi connectivity index (χ2v) is 7.91. The zero-order valence-electron chi connectivity index (χ0n) is 15.5. The Morgan fingerprint density at radius 1 is 1.31 bits per heavy atom. The number of aromatic nitrogens is 4. The van der Waals surface area contributed by atoms with Gasteiger partial charge in [-0.1, -0.05) is 0 Å². The van der Waals surface area contributed by atoms with Crippen LogP contribution in [0.4, 0.5) is 0 Å². The Hall–Kier alpha value is -2.15. The predicted molar refractivity (Wildman–Crippen MR) is 98.3 cm³/mol. The van der Waals surface area contributed by atoms with Crippen LogP contribution in [-0.4, -0.2) is 61.4 Å². The summed E-state index contributed by atoms with van der Waals surface area (Å²) in [6.45, 7) is 4.75. The number of carbonyl (C=O) groups excluding carboxylic acids is 1. The molecule has 1 amide bonds. The normalized spacial score (nSPS) is 24.5. The van der Waals surface area contributed by atoms with E-state index in [1.54, 1.807) is 6.33 Å². The molecule has 0 bridgehead atoms. The van der Waals surface area contributed by atoms with Crippen molar-refractivity contribution < 1.29 is 4.79 Å². The van der Waals surface area contributed by atoms with E-state index in [2.05, 4.69) is 36.4 Å². The summed E-state index contributed by atoms with van der Waals surface area (Å²) in [5.74, 6) is 1.42. The first-order valence-electron chi connectivity index (χ1n) is 9.57. The summed E-state index contributed by atoms with van der Waals surface area (Å²) in [6, 6.07) is 0. The summed E-state index contributed by atoms with van der Waals surface area (Å²) in [4.78, 5) is 28.7. The number of H-pyrrole nitrogens is 1. The van der Waals surface area contributed by atoms with Gasteiger partial charge in [0.05, 0.1) is 12.9 Å². The lowest BCUT2D eigenvalue weighted by atomic mass is 9.73. The van der Waals surface area contributed by atoms with Gasteiger partial charge < -0.3 is 14.5 Å². The summed E-state index contributed by atoms with van der Waals surface area (Å²) in [5.41, 5.74) is 1.34. The highest BCUT2D eigenvalue weighted by Gasteiger charge is 2.41. The molecule has 0 radical (unpaired) electrons. The highest BCUT2D eigenvalue weighted by atomic mass is 16.2. The Balaban J connectivity index is 1.39. The predicted octanol–water partition coefficient (Wildman–Crippen LogP) is 1.59. The molecule has 1 spiro atoms. The number of carbonyl (C=O) groups is 1. The Morgan fingerprint density at radius 3 is 3.00 bits per heavy atom. The highest BCUT2D eigenvalue weighted by Crippen LogP contribution is 2.39. The Bertz CT molecular complexity index is 739. The molecular weight excluding hydrogens is 328 g/mol. The average molecular weight is 356 g/mol. The first-order valence-corrected chi connectivity index (χ1v) is 9.57. The van der Waals surface area contributed by atoms with Crippen LogP contribution in [0.1, 0.15) is 37.2 Å². The minimum Gasteiger partial charge on any atom is -0.348 e. The van der Waals surface area contributed by atoms with Crippen molar-refractivity contribution in [1.29, 1.82) is 0 Å². The maximum absolute atomic E-state index is 12.4. The summed E-state index contributed by atoms with van der Waals surface area (Å²) >= 11 is 0. The van der Waals surface area contributed by atoms with Gasteiger partial charge in [-0.05, 0) is 25.8 Å². The van der Waals surface area contributed by atoms with Crippen molar-refractivity contribution in [2.24, 2.45) is 12.5 Å². The Morgan fingerprint density at radius 2 is 2.23 bits per heavy atom. The van der Waals surface area contributed by atoms with Crippen LogP contribution in [0.3, 0.4) is 0 Å². The number of hydrogen-bond donors (Lipinski definition) is 1. The molecule has 7 heteroatoms. The number of piperidine rings is 2. The molecule has 2 aromatic heterocycles. The van der Waals surface area contributed by atoms with E-state index in [0.717, 1.165) is 57.1 Å². The molecule has 1 atom stereocenters. The summed E-state index contributed by atoms with van der Waals surface area (Å²) < 4.78 is 2.10.